The molecule has 0 atom stereocenters. The van der Waals surface area contributed by atoms with E-state index in [-0.39, 0.29) is 11.8 Å². The fourth-order valence-corrected chi connectivity index (χ4v) is 2.82. The molecule has 2 aromatic heterocycles. The highest BCUT2D eigenvalue weighted by atomic mass is 32.1. The Morgan fingerprint density at radius 3 is 2.75 bits per heavy atom. The molecule has 3 aromatic rings. The summed E-state index contributed by atoms with van der Waals surface area (Å²) < 4.78 is 18.9. The molecule has 0 saturated heterocycles. The first-order valence-electron chi connectivity index (χ1n) is 6.00. The van der Waals surface area contributed by atoms with Crippen molar-refractivity contribution in [1.82, 2.24) is 9.97 Å². The predicted molar refractivity (Wildman–Crippen MR) is 77.8 cm³/mol. The van der Waals surface area contributed by atoms with Crippen LogP contribution < -0.4 is 10.5 Å². The Morgan fingerprint density at radius 2 is 2.00 bits per heavy atom. The first-order chi connectivity index (χ1) is 9.52. The van der Waals surface area contributed by atoms with Crippen LogP contribution in [-0.2, 0) is 0 Å². The lowest BCUT2D eigenvalue weighted by Crippen LogP contribution is -1.98. The normalized spacial score (nSPS) is 10.9. The molecule has 3 rings (SSSR count). The van der Waals surface area contributed by atoms with Crippen LogP contribution in [0.15, 0.2) is 24.3 Å². The van der Waals surface area contributed by atoms with E-state index in [0.717, 1.165) is 15.1 Å². The number of aromatic nitrogens is 2. The van der Waals surface area contributed by atoms with Crippen LogP contribution in [0.5, 0.6) is 11.6 Å². The van der Waals surface area contributed by atoms with Crippen molar-refractivity contribution >= 4 is 27.5 Å². The van der Waals surface area contributed by atoms with Gasteiger partial charge in [0.05, 0.1) is 5.39 Å². The van der Waals surface area contributed by atoms with Gasteiger partial charge in [0.15, 0.2) is 0 Å². The van der Waals surface area contributed by atoms with Gasteiger partial charge in [-0.25, -0.2) is 9.37 Å². The van der Waals surface area contributed by atoms with Crippen molar-refractivity contribution in [2.75, 3.05) is 5.73 Å². The fourth-order valence-electron chi connectivity index (χ4n) is 1.94. The Bertz CT molecular complexity index is 800. The van der Waals surface area contributed by atoms with Gasteiger partial charge >= 0.3 is 0 Å². The van der Waals surface area contributed by atoms with Crippen molar-refractivity contribution < 1.29 is 9.13 Å². The maximum atomic E-state index is 13.1. The van der Waals surface area contributed by atoms with E-state index in [1.807, 2.05) is 13.0 Å². The number of nitrogens with zero attached hydrogens (tertiary/aromatic N) is 2. The number of hydrogen-bond donors (Lipinski definition) is 1. The lowest BCUT2D eigenvalue weighted by atomic mass is 10.2. The molecule has 102 valence electrons. The quantitative estimate of drug-likeness (QED) is 0.779. The molecule has 0 radical (unpaired) electrons. The van der Waals surface area contributed by atoms with Gasteiger partial charge in [-0.15, -0.1) is 11.3 Å². The third-order valence-corrected chi connectivity index (χ3v) is 3.79. The molecule has 20 heavy (non-hydrogen) atoms. The minimum atomic E-state index is -0.298. The number of halogens is 1. The Hall–Kier alpha value is -2.21. The summed E-state index contributed by atoms with van der Waals surface area (Å²) in [7, 11) is 0. The lowest BCUT2D eigenvalue weighted by molar-refractivity contribution is 0.464. The van der Waals surface area contributed by atoms with E-state index in [2.05, 4.69) is 9.97 Å². The van der Waals surface area contributed by atoms with Crippen molar-refractivity contribution in [3.8, 4) is 11.6 Å². The highest BCUT2D eigenvalue weighted by Gasteiger charge is 2.12. The first-order valence-corrected chi connectivity index (χ1v) is 6.82. The van der Waals surface area contributed by atoms with E-state index >= 15 is 0 Å². The van der Waals surface area contributed by atoms with Crippen LogP contribution in [0.1, 0.15) is 10.4 Å². The predicted octanol–water partition coefficient (Wildman–Crippen LogP) is 3.82. The Labute approximate surface area is 119 Å². The van der Waals surface area contributed by atoms with Gasteiger partial charge in [0.25, 0.3) is 0 Å². The zero-order chi connectivity index (χ0) is 14.3. The van der Waals surface area contributed by atoms with E-state index in [1.165, 1.54) is 23.5 Å². The summed E-state index contributed by atoms with van der Waals surface area (Å²) in [6.07, 6.45) is 0. The van der Waals surface area contributed by atoms with Crippen LogP contribution in [-0.4, -0.2) is 9.97 Å². The maximum absolute atomic E-state index is 13.1. The summed E-state index contributed by atoms with van der Waals surface area (Å²) in [6, 6.07) is 6.29. The summed E-state index contributed by atoms with van der Waals surface area (Å²) in [4.78, 5) is 10.2. The number of rotatable bonds is 2. The Balaban J connectivity index is 2.10. The molecular weight excluding hydrogens is 277 g/mol. The van der Waals surface area contributed by atoms with Crippen molar-refractivity contribution in [2.45, 2.75) is 13.8 Å². The van der Waals surface area contributed by atoms with Gasteiger partial charge in [0.2, 0.25) is 11.8 Å². The van der Waals surface area contributed by atoms with E-state index in [9.17, 15) is 4.39 Å². The molecule has 0 aliphatic carbocycles. The standard InChI is InChI=1S/C14H12FN3OS/c1-7-5-9(15)3-4-11(7)19-12-10-6-8(2)20-13(10)18-14(16)17-12/h3-6H,1-2H3,(H2,16,17,18). The molecule has 0 amide bonds. The summed E-state index contributed by atoms with van der Waals surface area (Å²) >= 11 is 1.53. The third-order valence-electron chi connectivity index (χ3n) is 2.84. The highest BCUT2D eigenvalue weighted by molar-refractivity contribution is 7.18. The first kappa shape index (κ1) is 12.8. The SMILES string of the molecule is Cc1cc2c(Oc3ccc(F)cc3C)nc(N)nc2s1. The van der Waals surface area contributed by atoms with Crippen molar-refractivity contribution in [3.63, 3.8) is 0 Å². The van der Waals surface area contributed by atoms with Gasteiger partial charge in [-0.2, -0.15) is 4.98 Å². The summed E-state index contributed by atoms with van der Waals surface area (Å²) in [6.45, 7) is 3.76. The highest BCUT2D eigenvalue weighted by Crippen LogP contribution is 2.34. The number of aryl methyl sites for hydroxylation is 2. The van der Waals surface area contributed by atoms with Gasteiger partial charge in [-0.05, 0) is 43.7 Å². The molecule has 0 saturated carbocycles. The average Bonchev–Trinajstić information content (AvgIpc) is 2.73. The van der Waals surface area contributed by atoms with E-state index in [1.54, 1.807) is 13.0 Å². The monoisotopic (exact) mass is 289 g/mol. The van der Waals surface area contributed by atoms with E-state index < -0.39 is 0 Å². The second kappa shape index (κ2) is 4.72. The average molecular weight is 289 g/mol. The molecule has 1 aromatic carbocycles. The smallest absolute Gasteiger partial charge is 0.232 e. The molecule has 0 unspecified atom stereocenters. The fraction of sp³-hybridized carbons (Fsp3) is 0.143. The molecule has 2 heterocycles. The summed E-state index contributed by atoms with van der Waals surface area (Å²) in [5, 5.41) is 0.811. The van der Waals surface area contributed by atoms with Gasteiger partial charge in [0.1, 0.15) is 16.4 Å². The van der Waals surface area contributed by atoms with Crippen LogP contribution in [0.3, 0.4) is 0 Å². The van der Waals surface area contributed by atoms with Gasteiger partial charge in [0, 0.05) is 4.88 Å². The van der Waals surface area contributed by atoms with Crippen molar-refractivity contribution in [3.05, 3.63) is 40.5 Å². The van der Waals surface area contributed by atoms with Crippen LogP contribution >= 0.6 is 11.3 Å². The Morgan fingerprint density at radius 1 is 1.20 bits per heavy atom. The van der Waals surface area contributed by atoms with E-state index in [0.29, 0.717) is 17.2 Å². The number of benzene rings is 1. The van der Waals surface area contributed by atoms with Gasteiger partial charge in [-0.1, -0.05) is 0 Å². The van der Waals surface area contributed by atoms with Crippen LogP contribution in [0.2, 0.25) is 0 Å². The maximum Gasteiger partial charge on any atom is 0.232 e. The largest absolute Gasteiger partial charge is 0.438 e. The third kappa shape index (κ3) is 2.30. The zero-order valence-electron chi connectivity index (χ0n) is 11.0. The summed E-state index contributed by atoms with van der Waals surface area (Å²) in [5.41, 5.74) is 6.39. The lowest BCUT2D eigenvalue weighted by Gasteiger charge is -2.09. The molecule has 0 bridgehead atoms. The summed E-state index contributed by atoms with van der Waals surface area (Å²) in [5.74, 6) is 0.809. The number of hydrogen-bond acceptors (Lipinski definition) is 5. The molecule has 0 aliphatic rings. The minimum Gasteiger partial charge on any atom is -0.438 e. The van der Waals surface area contributed by atoms with Crippen LogP contribution in [0.25, 0.3) is 10.2 Å². The molecular formula is C14H12FN3OS. The second-order valence-corrected chi connectivity index (χ2v) is 5.71. The van der Waals surface area contributed by atoms with E-state index in [4.69, 9.17) is 10.5 Å². The Kier molecular flexibility index (Phi) is 3.02. The van der Waals surface area contributed by atoms with Crippen LogP contribution in [0, 0.1) is 19.7 Å². The van der Waals surface area contributed by atoms with Crippen molar-refractivity contribution in [1.29, 1.82) is 0 Å². The topological polar surface area (TPSA) is 61.0 Å². The number of nitrogens with two attached hydrogens (primary N) is 1. The number of nitrogen functional groups attached to an aromatic ring is 1. The van der Waals surface area contributed by atoms with Gasteiger partial charge < -0.3 is 10.5 Å². The molecule has 0 aliphatic heterocycles. The molecule has 4 nitrogen and oxygen atoms in total. The number of fused-ring (bicyclic) bond motifs is 1. The molecule has 0 fully saturated rings. The minimum absolute atomic E-state index is 0.161. The number of anilines is 1. The molecule has 6 heteroatoms. The van der Waals surface area contributed by atoms with Gasteiger partial charge in [-0.3, -0.25) is 0 Å². The second-order valence-electron chi connectivity index (χ2n) is 4.47. The zero-order valence-corrected chi connectivity index (χ0v) is 11.8. The molecule has 0 spiro atoms. The number of thiophene rings is 1. The van der Waals surface area contributed by atoms with Crippen molar-refractivity contribution in [2.24, 2.45) is 0 Å². The van der Waals surface area contributed by atoms with Crippen LogP contribution in [0.4, 0.5) is 10.3 Å². The molecule has 2 N–H and O–H groups in total. The number of ether oxygens (including phenoxy) is 1.